The molecule has 0 radical (unpaired) electrons. The second-order valence-corrected chi connectivity index (χ2v) is 6.33. The van der Waals surface area contributed by atoms with Crippen molar-refractivity contribution in [2.75, 3.05) is 19.5 Å². The first kappa shape index (κ1) is 13.9. The van der Waals surface area contributed by atoms with Gasteiger partial charge in [-0.3, -0.25) is 4.79 Å². The Balaban J connectivity index is 2.16. The summed E-state index contributed by atoms with van der Waals surface area (Å²) in [5.74, 6) is 1.55. The van der Waals surface area contributed by atoms with Gasteiger partial charge in [-0.1, -0.05) is 15.9 Å². The monoisotopic (exact) mass is 355 g/mol. The molecule has 0 N–H and O–H groups in total. The fraction of sp³-hybridized carbons (Fsp3) is 0.429. The number of alkyl halides is 1. The summed E-state index contributed by atoms with van der Waals surface area (Å²) in [6.45, 7) is 0.792. The summed E-state index contributed by atoms with van der Waals surface area (Å²) in [4.78, 5) is 18.7. The quantitative estimate of drug-likeness (QED) is 0.793. The Morgan fingerprint density at radius 1 is 1.50 bits per heavy atom. The Morgan fingerprint density at radius 2 is 2.30 bits per heavy atom. The number of hydrogen-bond donors (Lipinski definition) is 0. The van der Waals surface area contributed by atoms with Crippen LogP contribution in [0.3, 0.4) is 0 Å². The zero-order valence-electron chi connectivity index (χ0n) is 11.1. The highest BCUT2D eigenvalue weighted by Crippen LogP contribution is 2.30. The molecule has 2 aromatic rings. The summed E-state index contributed by atoms with van der Waals surface area (Å²) < 4.78 is 3.05. The van der Waals surface area contributed by atoms with Crippen LogP contribution in [0, 0.1) is 0 Å². The SMILES string of the molecule is CN1CCC(n2c(CCCl)nc3cc(Br)ccc32)C1=O. The van der Waals surface area contributed by atoms with Gasteiger partial charge >= 0.3 is 0 Å². The van der Waals surface area contributed by atoms with Gasteiger partial charge in [0.05, 0.1) is 11.0 Å². The number of carbonyl (C=O) groups is 1. The number of amides is 1. The third-order valence-electron chi connectivity index (χ3n) is 3.75. The van der Waals surface area contributed by atoms with E-state index >= 15 is 0 Å². The van der Waals surface area contributed by atoms with Gasteiger partial charge in [0.2, 0.25) is 5.91 Å². The Morgan fingerprint density at radius 3 is 2.95 bits per heavy atom. The number of aromatic nitrogens is 2. The molecule has 6 heteroatoms. The summed E-state index contributed by atoms with van der Waals surface area (Å²) in [6.07, 6.45) is 1.49. The fourth-order valence-electron chi connectivity index (χ4n) is 2.77. The smallest absolute Gasteiger partial charge is 0.245 e. The largest absolute Gasteiger partial charge is 0.344 e. The molecule has 0 spiro atoms. The van der Waals surface area contributed by atoms with Crippen LogP contribution in [-0.2, 0) is 11.2 Å². The molecule has 0 bridgehead atoms. The van der Waals surface area contributed by atoms with Crippen molar-refractivity contribution in [2.24, 2.45) is 0 Å². The van der Waals surface area contributed by atoms with Crippen molar-refractivity contribution < 1.29 is 4.79 Å². The van der Waals surface area contributed by atoms with E-state index in [9.17, 15) is 4.79 Å². The minimum absolute atomic E-state index is 0.149. The number of carbonyl (C=O) groups excluding carboxylic acids is 1. The van der Waals surface area contributed by atoms with Crippen LogP contribution in [0.25, 0.3) is 11.0 Å². The van der Waals surface area contributed by atoms with Gasteiger partial charge in [-0.15, -0.1) is 11.6 Å². The molecule has 4 nitrogen and oxygen atoms in total. The van der Waals surface area contributed by atoms with Gasteiger partial charge in [0.25, 0.3) is 0 Å². The maximum atomic E-state index is 12.3. The van der Waals surface area contributed by atoms with Gasteiger partial charge in [-0.25, -0.2) is 4.98 Å². The Kier molecular flexibility index (Phi) is 3.73. The highest BCUT2D eigenvalue weighted by molar-refractivity contribution is 9.10. The number of hydrogen-bond acceptors (Lipinski definition) is 2. The average molecular weight is 357 g/mol. The lowest BCUT2D eigenvalue weighted by atomic mass is 10.2. The molecular formula is C14H15BrClN3O. The maximum Gasteiger partial charge on any atom is 0.245 e. The first-order valence-electron chi connectivity index (χ1n) is 6.59. The fourth-order valence-corrected chi connectivity index (χ4v) is 3.29. The van der Waals surface area contributed by atoms with E-state index in [1.54, 1.807) is 4.90 Å². The number of fused-ring (bicyclic) bond motifs is 1. The van der Waals surface area contributed by atoms with Crippen molar-refractivity contribution >= 4 is 44.5 Å². The number of likely N-dealkylation sites (tertiary alicyclic amines) is 1. The lowest BCUT2D eigenvalue weighted by Crippen LogP contribution is -2.25. The van der Waals surface area contributed by atoms with Crippen molar-refractivity contribution in [3.05, 3.63) is 28.5 Å². The molecular weight excluding hydrogens is 342 g/mol. The number of likely N-dealkylation sites (N-methyl/N-ethyl adjacent to an activating group) is 1. The zero-order chi connectivity index (χ0) is 14.3. The Bertz CT molecular complexity index is 670. The molecule has 1 saturated heterocycles. The van der Waals surface area contributed by atoms with E-state index in [1.165, 1.54) is 0 Å². The first-order chi connectivity index (χ1) is 9.61. The second-order valence-electron chi connectivity index (χ2n) is 5.03. The van der Waals surface area contributed by atoms with Crippen LogP contribution in [0.4, 0.5) is 0 Å². The summed E-state index contributed by atoms with van der Waals surface area (Å²) in [5, 5.41) is 0. The van der Waals surface area contributed by atoms with Gasteiger partial charge < -0.3 is 9.47 Å². The van der Waals surface area contributed by atoms with Crippen molar-refractivity contribution in [2.45, 2.75) is 18.9 Å². The topological polar surface area (TPSA) is 38.1 Å². The number of imidazole rings is 1. The van der Waals surface area contributed by atoms with Gasteiger partial charge in [0, 0.05) is 30.4 Å². The third-order valence-corrected chi connectivity index (χ3v) is 4.44. The summed E-state index contributed by atoms with van der Waals surface area (Å²) >= 11 is 9.34. The molecule has 106 valence electrons. The van der Waals surface area contributed by atoms with Crippen LogP contribution >= 0.6 is 27.5 Å². The van der Waals surface area contributed by atoms with Crippen LogP contribution in [-0.4, -0.2) is 39.8 Å². The minimum atomic E-state index is -0.149. The van der Waals surface area contributed by atoms with Gasteiger partial charge in [-0.05, 0) is 24.6 Å². The van der Waals surface area contributed by atoms with Crippen molar-refractivity contribution in [3.8, 4) is 0 Å². The number of aryl methyl sites for hydroxylation is 1. The molecule has 1 aliphatic rings. The predicted molar refractivity (Wildman–Crippen MR) is 83.1 cm³/mol. The minimum Gasteiger partial charge on any atom is -0.344 e. The maximum absolute atomic E-state index is 12.3. The number of rotatable bonds is 3. The standard InChI is InChI=1S/C14H15BrClN3O/c1-18-7-5-12(14(18)20)19-11-3-2-9(15)8-10(11)17-13(19)4-6-16/h2-3,8,12H,4-7H2,1H3. The second kappa shape index (κ2) is 5.37. The predicted octanol–water partition coefficient (Wildman–Crippen LogP) is 2.98. The molecule has 1 aliphatic heterocycles. The molecule has 1 aromatic carbocycles. The van der Waals surface area contributed by atoms with Gasteiger partial charge in [0.1, 0.15) is 11.9 Å². The number of benzene rings is 1. The molecule has 0 aliphatic carbocycles. The van der Waals surface area contributed by atoms with Crippen LogP contribution in [0.2, 0.25) is 0 Å². The average Bonchev–Trinajstić information content (AvgIpc) is 2.91. The number of halogens is 2. The number of nitrogens with zero attached hydrogens (tertiary/aromatic N) is 3. The normalized spacial score (nSPS) is 19.2. The Labute approximate surface area is 130 Å². The molecule has 1 fully saturated rings. The van der Waals surface area contributed by atoms with E-state index in [2.05, 4.69) is 25.5 Å². The summed E-state index contributed by atoms with van der Waals surface area (Å²) in [5.41, 5.74) is 1.91. The van der Waals surface area contributed by atoms with Crippen molar-refractivity contribution in [1.29, 1.82) is 0 Å². The highest BCUT2D eigenvalue weighted by Gasteiger charge is 2.33. The van der Waals surface area contributed by atoms with E-state index in [0.717, 1.165) is 34.3 Å². The van der Waals surface area contributed by atoms with E-state index in [1.807, 2.05) is 25.2 Å². The zero-order valence-corrected chi connectivity index (χ0v) is 13.5. The summed E-state index contributed by atoms with van der Waals surface area (Å²) in [6, 6.07) is 5.82. The van der Waals surface area contributed by atoms with E-state index in [-0.39, 0.29) is 11.9 Å². The van der Waals surface area contributed by atoms with Gasteiger partial charge in [0.15, 0.2) is 0 Å². The van der Waals surface area contributed by atoms with Crippen LogP contribution in [0.5, 0.6) is 0 Å². The van der Waals surface area contributed by atoms with Gasteiger partial charge in [-0.2, -0.15) is 0 Å². The van der Waals surface area contributed by atoms with E-state index in [4.69, 9.17) is 11.6 Å². The molecule has 1 aromatic heterocycles. The first-order valence-corrected chi connectivity index (χ1v) is 7.92. The molecule has 1 amide bonds. The Hall–Kier alpha value is -1.07. The van der Waals surface area contributed by atoms with E-state index < -0.39 is 0 Å². The molecule has 0 saturated carbocycles. The van der Waals surface area contributed by atoms with Crippen LogP contribution in [0.1, 0.15) is 18.3 Å². The van der Waals surface area contributed by atoms with Crippen molar-refractivity contribution in [3.63, 3.8) is 0 Å². The molecule has 1 unspecified atom stereocenters. The third kappa shape index (κ3) is 2.23. The summed E-state index contributed by atoms with van der Waals surface area (Å²) in [7, 11) is 1.85. The molecule has 20 heavy (non-hydrogen) atoms. The lowest BCUT2D eigenvalue weighted by molar-refractivity contribution is -0.129. The molecule has 3 rings (SSSR count). The lowest BCUT2D eigenvalue weighted by Gasteiger charge is -2.15. The van der Waals surface area contributed by atoms with Crippen LogP contribution in [0.15, 0.2) is 22.7 Å². The molecule has 2 heterocycles. The highest BCUT2D eigenvalue weighted by atomic mass is 79.9. The molecule has 1 atom stereocenters. The van der Waals surface area contributed by atoms with Crippen molar-refractivity contribution in [1.82, 2.24) is 14.5 Å². The van der Waals surface area contributed by atoms with E-state index in [0.29, 0.717) is 12.3 Å². The van der Waals surface area contributed by atoms with Crippen LogP contribution < -0.4 is 0 Å².